The van der Waals surface area contributed by atoms with Crippen LogP contribution in [-0.2, 0) is 0 Å². The van der Waals surface area contributed by atoms with Gasteiger partial charge in [0.2, 0.25) is 0 Å². The Labute approximate surface area is 125 Å². The van der Waals surface area contributed by atoms with E-state index in [1.165, 1.54) is 18.2 Å². The molecule has 1 atom stereocenters. The summed E-state index contributed by atoms with van der Waals surface area (Å²) in [6, 6.07) is 8.70. The lowest BCUT2D eigenvalue weighted by molar-refractivity contribution is 0.560. The van der Waals surface area contributed by atoms with Crippen molar-refractivity contribution in [2.75, 3.05) is 0 Å². The second-order valence-corrected chi connectivity index (χ2v) is 5.13. The van der Waals surface area contributed by atoms with E-state index in [9.17, 15) is 4.39 Å². The van der Waals surface area contributed by atoms with Crippen LogP contribution in [0.3, 0.4) is 0 Å². The van der Waals surface area contributed by atoms with Gasteiger partial charge in [-0.1, -0.05) is 46.9 Å². The van der Waals surface area contributed by atoms with Crippen molar-refractivity contribution in [3.8, 4) is 0 Å². The van der Waals surface area contributed by atoms with Crippen LogP contribution < -0.4 is 11.3 Å². The van der Waals surface area contributed by atoms with Crippen LogP contribution >= 0.6 is 34.8 Å². The summed E-state index contributed by atoms with van der Waals surface area (Å²) < 4.78 is 13.9. The normalized spacial score (nSPS) is 12.5. The number of halogens is 4. The highest BCUT2D eigenvalue weighted by atomic mass is 35.5. The molecule has 0 bridgehead atoms. The fourth-order valence-corrected chi connectivity index (χ4v) is 2.42. The van der Waals surface area contributed by atoms with Gasteiger partial charge in [0.1, 0.15) is 5.82 Å². The quantitative estimate of drug-likeness (QED) is 0.652. The Morgan fingerprint density at radius 3 is 2.47 bits per heavy atom. The number of hydrogen-bond donors (Lipinski definition) is 2. The summed E-state index contributed by atoms with van der Waals surface area (Å²) in [5.41, 5.74) is 3.42. The van der Waals surface area contributed by atoms with Gasteiger partial charge in [-0.05, 0) is 29.8 Å². The van der Waals surface area contributed by atoms with E-state index in [1.807, 2.05) is 0 Å². The van der Waals surface area contributed by atoms with Gasteiger partial charge in [-0.2, -0.15) is 0 Å². The van der Waals surface area contributed by atoms with Crippen LogP contribution in [0.4, 0.5) is 4.39 Å². The molecule has 1 unspecified atom stereocenters. The summed E-state index contributed by atoms with van der Waals surface area (Å²) in [7, 11) is 0. The fourth-order valence-electron chi connectivity index (χ4n) is 1.83. The van der Waals surface area contributed by atoms with E-state index in [0.717, 1.165) is 0 Å². The van der Waals surface area contributed by atoms with E-state index >= 15 is 0 Å². The zero-order chi connectivity index (χ0) is 14.0. The summed E-state index contributed by atoms with van der Waals surface area (Å²) in [4.78, 5) is 0. The highest BCUT2D eigenvalue weighted by Gasteiger charge is 2.20. The van der Waals surface area contributed by atoms with Crippen molar-refractivity contribution < 1.29 is 4.39 Å². The Bertz CT molecular complexity index is 602. The van der Waals surface area contributed by atoms with Crippen molar-refractivity contribution in [3.63, 3.8) is 0 Å². The average Bonchev–Trinajstić information content (AvgIpc) is 2.39. The van der Waals surface area contributed by atoms with Gasteiger partial charge in [0.15, 0.2) is 0 Å². The van der Waals surface area contributed by atoms with Crippen molar-refractivity contribution in [1.82, 2.24) is 5.43 Å². The topological polar surface area (TPSA) is 38.0 Å². The molecule has 3 N–H and O–H groups in total. The smallest absolute Gasteiger partial charge is 0.128 e. The number of benzene rings is 2. The largest absolute Gasteiger partial charge is 0.271 e. The van der Waals surface area contributed by atoms with Gasteiger partial charge in [-0.15, -0.1) is 0 Å². The molecule has 0 heterocycles. The molecule has 2 aromatic carbocycles. The molecule has 6 heteroatoms. The second kappa shape index (κ2) is 6.07. The zero-order valence-corrected chi connectivity index (χ0v) is 11.9. The molecule has 0 saturated heterocycles. The van der Waals surface area contributed by atoms with Crippen LogP contribution in [0.15, 0.2) is 36.4 Å². The second-order valence-electron chi connectivity index (χ2n) is 3.91. The number of nitrogens with one attached hydrogen (secondary N) is 1. The molecule has 0 aliphatic carbocycles. The third-order valence-corrected chi connectivity index (χ3v) is 3.80. The Morgan fingerprint density at radius 2 is 1.79 bits per heavy atom. The van der Waals surface area contributed by atoms with Crippen LogP contribution in [0.5, 0.6) is 0 Å². The summed E-state index contributed by atoms with van der Waals surface area (Å²) >= 11 is 18.0. The lowest BCUT2D eigenvalue weighted by atomic mass is 9.99. The maximum Gasteiger partial charge on any atom is 0.128 e. The third kappa shape index (κ3) is 3.02. The summed E-state index contributed by atoms with van der Waals surface area (Å²) in [6.07, 6.45) is 0. The predicted molar refractivity (Wildman–Crippen MR) is 77.0 cm³/mol. The fraction of sp³-hybridized carbons (Fsp3) is 0.0769. The number of hydrazine groups is 1. The van der Waals surface area contributed by atoms with Crippen LogP contribution in [0.25, 0.3) is 0 Å². The monoisotopic (exact) mass is 318 g/mol. The molecule has 0 aromatic heterocycles. The number of nitrogens with two attached hydrogens (primary N) is 1. The van der Waals surface area contributed by atoms with Crippen LogP contribution in [0.2, 0.25) is 15.1 Å². The number of rotatable bonds is 3. The Kier molecular flexibility index (Phi) is 4.66. The first-order valence-electron chi connectivity index (χ1n) is 5.39. The van der Waals surface area contributed by atoms with E-state index in [4.69, 9.17) is 40.6 Å². The molecular formula is C13H10Cl3FN2. The molecule has 100 valence electrons. The van der Waals surface area contributed by atoms with Crippen molar-refractivity contribution in [2.45, 2.75) is 6.04 Å². The standard InChI is InChI=1S/C13H10Cl3FN2/c14-7-4-5-11(17)9(6-7)13(19-18)8-2-1-3-10(15)12(8)16/h1-6,13,19H,18H2. The molecular weight excluding hydrogens is 310 g/mol. The van der Waals surface area contributed by atoms with Gasteiger partial charge in [-0.25, -0.2) is 9.82 Å². The van der Waals surface area contributed by atoms with Crippen molar-refractivity contribution in [3.05, 3.63) is 68.4 Å². The summed E-state index contributed by atoms with van der Waals surface area (Å²) in [6.45, 7) is 0. The Morgan fingerprint density at radius 1 is 1.05 bits per heavy atom. The zero-order valence-electron chi connectivity index (χ0n) is 9.63. The van der Waals surface area contributed by atoms with Gasteiger partial charge >= 0.3 is 0 Å². The highest BCUT2D eigenvalue weighted by molar-refractivity contribution is 6.42. The minimum Gasteiger partial charge on any atom is -0.271 e. The third-order valence-electron chi connectivity index (χ3n) is 2.73. The molecule has 2 nitrogen and oxygen atoms in total. The first-order valence-corrected chi connectivity index (χ1v) is 6.53. The van der Waals surface area contributed by atoms with E-state index in [0.29, 0.717) is 26.2 Å². The highest BCUT2D eigenvalue weighted by Crippen LogP contribution is 2.34. The predicted octanol–water partition coefficient (Wildman–Crippen LogP) is 4.34. The molecule has 2 aromatic rings. The van der Waals surface area contributed by atoms with Gasteiger partial charge in [0.05, 0.1) is 16.1 Å². The number of hydrogen-bond acceptors (Lipinski definition) is 2. The summed E-state index contributed by atoms with van der Waals surface area (Å²) in [5.74, 6) is 5.09. The van der Waals surface area contributed by atoms with Crippen LogP contribution in [0.1, 0.15) is 17.2 Å². The maximum atomic E-state index is 13.9. The van der Waals surface area contributed by atoms with Crippen LogP contribution in [0, 0.1) is 5.82 Å². The molecule has 19 heavy (non-hydrogen) atoms. The van der Waals surface area contributed by atoms with Crippen molar-refractivity contribution in [1.29, 1.82) is 0 Å². The van der Waals surface area contributed by atoms with E-state index in [2.05, 4.69) is 5.43 Å². The van der Waals surface area contributed by atoms with Crippen LogP contribution in [-0.4, -0.2) is 0 Å². The molecule has 0 saturated carbocycles. The van der Waals surface area contributed by atoms with Gasteiger partial charge in [0, 0.05) is 10.6 Å². The van der Waals surface area contributed by atoms with E-state index in [-0.39, 0.29) is 0 Å². The van der Waals surface area contributed by atoms with E-state index < -0.39 is 11.9 Å². The molecule has 0 spiro atoms. The molecule has 0 radical (unpaired) electrons. The van der Waals surface area contributed by atoms with Gasteiger partial charge in [0.25, 0.3) is 0 Å². The van der Waals surface area contributed by atoms with Crippen molar-refractivity contribution >= 4 is 34.8 Å². The van der Waals surface area contributed by atoms with E-state index in [1.54, 1.807) is 18.2 Å². The van der Waals surface area contributed by atoms with Gasteiger partial charge < -0.3 is 0 Å². The first kappa shape index (κ1) is 14.6. The molecule has 0 aliphatic heterocycles. The SMILES string of the molecule is NNC(c1cc(Cl)ccc1F)c1cccc(Cl)c1Cl. The molecule has 2 rings (SSSR count). The summed E-state index contributed by atoms with van der Waals surface area (Å²) in [5, 5.41) is 1.11. The Hall–Kier alpha value is -0.840. The lowest BCUT2D eigenvalue weighted by Gasteiger charge is -2.19. The average molecular weight is 320 g/mol. The van der Waals surface area contributed by atoms with Crippen molar-refractivity contribution in [2.24, 2.45) is 5.84 Å². The maximum absolute atomic E-state index is 13.9. The lowest BCUT2D eigenvalue weighted by Crippen LogP contribution is -2.29. The first-order chi connectivity index (χ1) is 9.04. The molecule has 0 amide bonds. The molecule has 0 aliphatic rings. The van der Waals surface area contributed by atoms with Gasteiger partial charge in [-0.3, -0.25) is 5.84 Å². The Balaban J connectivity index is 2.56. The minimum atomic E-state index is -0.634. The minimum absolute atomic E-state index is 0.305. The molecule has 0 fully saturated rings.